The number of rotatable bonds is 8. The van der Waals surface area contributed by atoms with Gasteiger partial charge in [0.05, 0.1) is 41.8 Å². The van der Waals surface area contributed by atoms with Crippen molar-refractivity contribution in [3.05, 3.63) is 89.9 Å². The van der Waals surface area contributed by atoms with Crippen molar-refractivity contribution in [3.8, 4) is 17.0 Å². The first-order chi connectivity index (χ1) is 20.4. The molecule has 0 unspecified atom stereocenters. The van der Waals surface area contributed by atoms with Crippen molar-refractivity contribution >= 4 is 33.7 Å². The summed E-state index contributed by atoms with van der Waals surface area (Å²) in [5.41, 5.74) is 4.75. The molecule has 214 valence electrons. The lowest BCUT2D eigenvalue weighted by molar-refractivity contribution is -0.138. The number of carboxylic acid groups (broad SMARTS) is 1. The molecule has 6 rings (SSSR count). The molecule has 2 N–H and O–H groups in total. The van der Waals surface area contributed by atoms with Crippen LogP contribution in [-0.4, -0.2) is 44.9 Å². The van der Waals surface area contributed by atoms with Crippen LogP contribution >= 0.6 is 0 Å². The van der Waals surface area contributed by atoms with Gasteiger partial charge in [-0.05, 0) is 78.6 Å². The zero-order valence-corrected chi connectivity index (χ0v) is 23.2. The van der Waals surface area contributed by atoms with Crippen LogP contribution in [0.1, 0.15) is 48.0 Å². The number of hydrogen-bond acceptors (Lipinski definition) is 5. The van der Waals surface area contributed by atoms with E-state index in [2.05, 4.69) is 21.5 Å². The lowest BCUT2D eigenvalue weighted by Gasteiger charge is -2.28. The summed E-state index contributed by atoms with van der Waals surface area (Å²) in [6.45, 7) is 0.370. The van der Waals surface area contributed by atoms with Crippen LogP contribution < -0.4 is 10.1 Å². The second kappa shape index (κ2) is 11.6. The highest BCUT2D eigenvalue weighted by molar-refractivity contribution is 6.06. The summed E-state index contributed by atoms with van der Waals surface area (Å²) in [6.07, 6.45) is 4.59. The molecule has 2 heterocycles. The number of halogens is 1. The van der Waals surface area contributed by atoms with Crippen molar-refractivity contribution in [1.29, 1.82) is 0 Å². The van der Waals surface area contributed by atoms with E-state index in [-0.39, 0.29) is 24.3 Å². The molecule has 1 aliphatic carbocycles. The molecular formula is C33H31FN4O4. The largest absolute Gasteiger partial charge is 0.481 e. The topological polar surface area (TPSA) is 106 Å². The van der Waals surface area contributed by atoms with Crippen LogP contribution in [0, 0.1) is 11.7 Å². The van der Waals surface area contributed by atoms with Crippen molar-refractivity contribution < 1.29 is 23.8 Å². The normalized spacial score (nSPS) is 16.9. The Morgan fingerprint density at radius 2 is 1.76 bits per heavy atom. The number of ether oxygens (including phenoxy) is 1. The first-order valence-corrected chi connectivity index (χ1v) is 14.1. The maximum Gasteiger partial charge on any atom is 0.303 e. The molecule has 0 atom stereocenters. The van der Waals surface area contributed by atoms with Gasteiger partial charge in [-0.25, -0.2) is 9.37 Å². The van der Waals surface area contributed by atoms with E-state index in [1.807, 2.05) is 48.5 Å². The van der Waals surface area contributed by atoms with Crippen molar-refractivity contribution in [3.63, 3.8) is 0 Å². The number of benzene rings is 3. The van der Waals surface area contributed by atoms with Gasteiger partial charge >= 0.3 is 5.97 Å². The highest BCUT2D eigenvalue weighted by Gasteiger charge is 2.26. The lowest BCUT2D eigenvalue weighted by Crippen LogP contribution is -2.38. The van der Waals surface area contributed by atoms with E-state index >= 15 is 0 Å². The third kappa shape index (κ3) is 5.68. The second-order valence-electron chi connectivity index (χ2n) is 10.9. The average molecular weight is 567 g/mol. The number of carboxylic acids is 1. The fraction of sp³-hybridized carbons (Fsp3) is 0.273. The van der Waals surface area contributed by atoms with E-state index in [1.165, 1.54) is 18.3 Å². The van der Waals surface area contributed by atoms with Gasteiger partial charge in [0.1, 0.15) is 5.82 Å². The summed E-state index contributed by atoms with van der Waals surface area (Å²) < 4.78 is 21.6. The number of nitrogens with zero attached hydrogens (tertiary/aromatic N) is 3. The smallest absolute Gasteiger partial charge is 0.303 e. The molecule has 1 saturated carbocycles. The number of fused-ring (bicyclic) bond motifs is 2. The highest BCUT2D eigenvalue weighted by Crippen LogP contribution is 2.29. The molecular weight excluding hydrogens is 535 g/mol. The van der Waals surface area contributed by atoms with E-state index in [1.54, 1.807) is 11.8 Å². The van der Waals surface area contributed by atoms with Crippen molar-refractivity contribution in [2.75, 3.05) is 7.11 Å². The van der Waals surface area contributed by atoms with Gasteiger partial charge in [0.15, 0.2) is 0 Å². The second-order valence-corrected chi connectivity index (χ2v) is 10.9. The third-order valence-electron chi connectivity index (χ3n) is 8.13. The quantitative estimate of drug-likeness (QED) is 0.231. The first kappa shape index (κ1) is 27.4. The predicted molar refractivity (Wildman–Crippen MR) is 158 cm³/mol. The Labute approximate surface area is 242 Å². The standard InChI is InChI=1S/C33H31FN4O4/c1-42-30-15-9-24-17-23(8-14-29(24)37-30)22-6-2-21(3-7-22)19-38-32-26(12-13-28(34)27(32)18-35-38)33(41)36-25-10-4-20(5-11-25)16-31(39)40/h2-3,6-9,12-15,17-18,20,25H,4-5,10-11,16,19H2,1H3,(H,36,41)(H,39,40). The summed E-state index contributed by atoms with van der Waals surface area (Å²) in [7, 11) is 1.60. The average Bonchev–Trinajstić information content (AvgIpc) is 3.42. The Bertz CT molecular complexity index is 1780. The molecule has 1 aliphatic rings. The van der Waals surface area contributed by atoms with Crippen molar-refractivity contribution in [2.45, 2.75) is 44.7 Å². The van der Waals surface area contributed by atoms with E-state index in [9.17, 15) is 14.0 Å². The summed E-state index contributed by atoms with van der Waals surface area (Å²) in [4.78, 5) is 28.9. The minimum Gasteiger partial charge on any atom is -0.481 e. The minimum absolute atomic E-state index is 0.0421. The Morgan fingerprint density at radius 1 is 1.00 bits per heavy atom. The number of aromatic nitrogens is 3. The van der Waals surface area contributed by atoms with Crippen LogP contribution in [0.3, 0.4) is 0 Å². The first-order valence-electron chi connectivity index (χ1n) is 14.1. The Morgan fingerprint density at radius 3 is 2.50 bits per heavy atom. The van der Waals surface area contributed by atoms with E-state index in [0.29, 0.717) is 28.9 Å². The van der Waals surface area contributed by atoms with Gasteiger partial charge in [-0.2, -0.15) is 5.10 Å². The number of carbonyl (C=O) groups is 2. The fourth-order valence-corrected chi connectivity index (χ4v) is 5.87. The highest BCUT2D eigenvalue weighted by atomic mass is 19.1. The molecule has 2 aromatic heterocycles. The number of nitrogens with one attached hydrogen (secondary N) is 1. The van der Waals surface area contributed by atoms with Crippen LogP contribution in [0.5, 0.6) is 5.88 Å². The number of hydrogen-bond donors (Lipinski definition) is 2. The number of methoxy groups -OCH3 is 1. The molecule has 9 heteroatoms. The molecule has 0 bridgehead atoms. The zero-order chi connectivity index (χ0) is 29.2. The molecule has 0 aliphatic heterocycles. The minimum atomic E-state index is -0.785. The van der Waals surface area contributed by atoms with E-state index in [0.717, 1.165) is 53.3 Å². The molecule has 0 radical (unpaired) electrons. The monoisotopic (exact) mass is 566 g/mol. The van der Waals surface area contributed by atoms with Gasteiger partial charge in [0.2, 0.25) is 5.88 Å². The number of amides is 1. The molecule has 5 aromatic rings. The Hall–Kier alpha value is -4.79. The molecule has 1 amide bonds. The molecule has 0 spiro atoms. The molecule has 8 nitrogen and oxygen atoms in total. The molecule has 0 saturated heterocycles. The molecule has 42 heavy (non-hydrogen) atoms. The van der Waals surface area contributed by atoms with Gasteiger partial charge < -0.3 is 15.2 Å². The SMILES string of the molecule is COc1ccc2cc(-c3ccc(Cn4ncc5c(F)ccc(C(=O)NC6CCC(CC(=O)O)CC6)c54)cc3)ccc2n1. The van der Waals surface area contributed by atoms with Gasteiger partial charge in [-0.1, -0.05) is 30.3 Å². The van der Waals surface area contributed by atoms with Gasteiger partial charge in [0, 0.05) is 23.9 Å². The zero-order valence-electron chi connectivity index (χ0n) is 23.2. The van der Waals surface area contributed by atoms with E-state index < -0.39 is 11.8 Å². The molecule has 3 aromatic carbocycles. The molecule has 1 fully saturated rings. The number of pyridine rings is 1. The maximum atomic E-state index is 14.7. The summed E-state index contributed by atoms with van der Waals surface area (Å²) >= 11 is 0. The van der Waals surface area contributed by atoms with Crippen LogP contribution in [0.2, 0.25) is 0 Å². The maximum absolute atomic E-state index is 14.7. The number of carbonyl (C=O) groups excluding carboxylic acids is 1. The van der Waals surface area contributed by atoms with Crippen LogP contribution in [0.15, 0.2) is 72.9 Å². The fourth-order valence-electron chi connectivity index (χ4n) is 5.87. The predicted octanol–water partition coefficient (Wildman–Crippen LogP) is 6.21. The van der Waals surface area contributed by atoms with Gasteiger partial charge in [-0.15, -0.1) is 0 Å². The summed E-state index contributed by atoms with van der Waals surface area (Å²) in [5, 5.41) is 17.9. The summed E-state index contributed by atoms with van der Waals surface area (Å²) in [5.74, 6) is -0.774. The Balaban J connectivity index is 1.20. The third-order valence-corrected chi connectivity index (χ3v) is 8.13. The van der Waals surface area contributed by atoms with Crippen molar-refractivity contribution in [1.82, 2.24) is 20.1 Å². The Kier molecular flexibility index (Phi) is 7.56. The lowest BCUT2D eigenvalue weighted by atomic mass is 9.84. The number of aliphatic carboxylic acids is 1. The van der Waals surface area contributed by atoms with Crippen molar-refractivity contribution in [2.24, 2.45) is 5.92 Å². The van der Waals surface area contributed by atoms with Gasteiger partial charge in [0.25, 0.3) is 5.91 Å². The van der Waals surface area contributed by atoms with E-state index in [4.69, 9.17) is 9.84 Å². The van der Waals surface area contributed by atoms with Crippen LogP contribution in [0.25, 0.3) is 32.9 Å². The van der Waals surface area contributed by atoms with Crippen LogP contribution in [-0.2, 0) is 11.3 Å². The summed E-state index contributed by atoms with van der Waals surface area (Å²) in [6, 6.07) is 20.8. The van der Waals surface area contributed by atoms with Gasteiger partial charge in [-0.3, -0.25) is 14.3 Å². The van der Waals surface area contributed by atoms with Crippen LogP contribution in [0.4, 0.5) is 4.39 Å².